The third-order valence-corrected chi connectivity index (χ3v) is 2.15. The predicted octanol–water partition coefficient (Wildman–Crippen LogP) is 1.77. The first kappa shape index (κ1) is 10.8. The van der Waals surface area contributed by atoms with E-state index >= 15 is 0 Å². The maximum Gasteiger partial charge on any atom is 0.247 e. The van der Waals surface area contributed by atoms with Gasteiger partial charge in [0.1, 0.15) is 5.82 Å². The third-order valence-electron chi connectivity index (χ3n) is 2.15. The summed E-state index contributed by atoms with van der Waals surface area (Å²) in [6.45, 7) is 0.592. The highest BCUT2D eigenvalue weighted by Crippen LogP contribution is 2.18. The number of halogens is 1. The molecule has 0 spiro atoms. The Morgan fingerprint density at radius 2 is 1.94 bits per heavy atom. The molecule has 16 heavy (non-hydrogen) atoms. The van der Waals surface area contributed by atoms with Crippen LogP contribution >= 0.6 is 0 Å². The fourth-order valence-electron chi connectivity index (χ4n) is 1.32. The van der Waals surface area contributed by atoms with E-state index in [1.54, 1.807) is 12.1 Å². The molecule has 1 aromatic heterocycles. The second kappa shape index (κ2) is 4.85. The minimum atomic E-state index is -0.286. The molecule has 0 amide bonds. The number of hydrogen-bond donors (Lipinski definition) is 1. The molecule has 84 valence electrons. The summed E-state index contributed by atoms with van der Waals surface area (Å²) in [5.74, 6) is 0.684. The van der Waals surface area contributed by atoms with Gasteiger partial charge in [-0.25, -0.2) is 4.39 Å². The van der Waals surface area contributed by atoms with Crippen molar-refractivity contribution >= 4 is 0 Å². The van der Waals surface area contributed by atoms with Crippen molar-refractivity contribution in [1.29, 1.82) is 0 Å². The van der Waals surface area contributed by atoms with Gasteiger partial charge in [0.2, 0.25) is 11.8 Å². The molecule has 0 unspecified atom stereocenters. The monoisotopic (exact) mass is 221 g/mol. The van der Waals surface area contributed by atoms with Crippen molar-refractivity contribution in [2.75, 3.05) is 6.54 Å². The van der Waals surface area contributed by atoms with E-state index in [1.165, 1.54) is 12.1 Å². The maximum absolute atomic E-state index is 12.7. The maximum atomic E-state index is 12.7. The van der Waals surface area contributed by atoms with Crippen LogP contribution in [0.4, 0.5) is 4.39 Å². The molecule has 0 aliphatic carbocycles. The van der Waals surface area contributed by atoms with Gasteiger partial charge in [-0.05, 0) is 37.2 Å². The van der Waals surface area contributed by atoms with Crippen LogP contribution in [0.15, 0.2) is 28.7 Å². The molecule has 1 aromatic carbocycles. The lowest BCUT2D eigenvalue weighted by atomic mass is 10.2. The molecule has 0 atom stereocenters. The highest BCUT2D eigenvalue weighted by molar-refractivity contribution is 5.51. The second-order valence-corrected chi connectivity index (χ2v) is 3.40. The average molecular weight is 221 g/mol. The zero-order chi connectivity index (χ0) is 11.4. The van der Waals surface area contributed by atoms with Crippen molar-refractivity contribution in [3.63, 3.8) is 0 Å². The first-order chi connectivity index (χ1) is 7.79. The smallest absolute Gasteiger partial charge is 0.247 e. The van der Waals surface area contributed by atoms with Crippen molar-refractivity contribution in [2.45, 2.75) is 12.8 Å². The molecule has 2 aromatic rings. The second-order valence-electron chi connectivity index (χ2n) is 3.40. The Balaban J connectivity index is 2.15. The van der Waals surface area contributed by atoms with Gasteiger partial charge in [-0.1, -0.05) is 0 Å². The van der Waals surface area contributed by atoms with Crippen molar-refractivity contribution in [1.82, 2.24) is 10.2 Å². The van der Waals surface area contributed by atoms with E-state index in [-0.39, 0.29) is 5.82 Å². The molecule has 2 N–H and O–H groups in total. The Morgan fingerprint density at radius 3 is 2.62 bits per heavy atom. The topological polar surface area (TPSA) is 64.9 Å². The first-order valence-corrected chi connectivity index (χ1v) is 5.08. The van der Waals surface area contributed by atoms with Crippen LogP contribution in [0.5, 0.6) is 0 Å². The molecule has 0 fully saturated rings. The van der Waals surface area contributed by atoms with Crippen LogP contribution in [0.25, 0.3) is 11.5 Å². The molecular weight excluding hydrogens is 209 g/mol. The van der Waals surface area contributed by atoms with Crippen LogP contribution in [0, 0.1) is 5.82 Å². The molecule has 5 heteroatoms. The highest BCUT2D eigenvalue weighted by Gasteiger charge is 2.07. The van der Waals surface area contributed by atoms with Crippen molar-refractivity contribution in [3.05, 3.63) is 36.0 Å². The van der Waals surface area contributed by atoms with E-state index in [1.807, 2.05) is 0 Å². The number of nitrogens with two attached hydrogens (primary N) is 1. The molecule has 0 radical (unpaired) electrons. The molecule has 0 bridgehead atoms. The van der Waals surface area contributed by atoms with E-state index in [2.05, 4.69) is 10.2 Å². The Bertz CT molecular complexity index is 453. The normalized spacial score (nSPS) is 10.6. The van der Waals surface area contributed by atoms with Crippen LogP contribution < -0.4 is 5.73 Å². The standard InChI is InChI=1S/C11H12FN3O/c12-9-5-3-8(4-6-9)11-15-14-10(16-11)2-1-7-13/h3-6H,1-2,7,13H2. The summed E-state index contributed by atoms with van der Waals surface area (Å²) in [7, 11) is 0. The quantitative estimate of drug-likeness (QED) is 0.854. The van der Waals surface area contributed by atoms with Gasteiger partial charge in [0, 0.05) is 12.0 Å². The van der Waals surface area contributed by atoms with Gasteiger partial charge in [0.05, 0.1) is 0 Å². The lowest BCUT2D eigenvalue weighted by Gasteiger charge is -1.94. The summed E-state index contributed by atoms with van der Waals surface area (Å²) in [6, 6.07) is 5.93. The van der Waals surface area contributed by atoms with Gasteiger partial charge >= 0.3 is 0 Å². The van der Waals surface area contributed by atoms with Crippen LogP contribution in [-0.4, -0.2) is 16.7 Å². The Labute approximate surface area is 92.3 Å². The van der Waals surface area contributed by atoms with E-state index in [9.17, 15) is 4.39 Å². The highest BCUT2D eigenvalue weighted by atomic mass is 19.1. The van der Waals surface area contributed by atoms with Crippen molar-refractivity contribution in [2.24, 2.45) is 5.73 Å². The molecule has 0 saturated carbocycles. The molecule has 0 saturated heterocycles. The molecule has 0 aliphatic heterocycles. The lowest BCUT2D eigenvalue weighted by Crippen LogP contribution is -2.00. The molecule has 1 heterocycles. The van der Waals surface area contributed by atoms with Crippen LogP contribution in [0.2, 0.25) is 0 Å². The molecular formula is C11H12FN3O. The fraction of sp³-hybridized carbons (Fsp3) is 0.273. The average Bonchev–Trinajstić information content (AvgIpc) is 2.76. The number of hydrogen-bond acceptors (Lipinski definition) is 4. The number of rotatable bonds is 4. The minimum Gasteiger partial charge on any atom is -0.421 e. The third kappa shape index (κ3) is 2.43. The fourth-order valence-corrected chi connectivity index (χ4v) is 1.32. The van der Waals surface area contributed by atoms with E-state index in [0.29, 0.717) is 30.3 Å². The largest absolute Gasteiger partial charge is 0.421 e. The van der Waals surface area contributed by atoms with Crippen molar-refractivity contribution in [3.8, 4) is 11.5 Å². The minimum absolute atomic E-state index is 0.286. The van der Waals surface area contributed by atoms with Crippen LogP contribution in [0.1, 0.15) is 12.3 Å². The zero-order valence-electron chi connectivity index (χ0n) is 8.69. The molecule has 0 aliphatic rings. The summed E-state index contributed by atoms with van der Waals surface area (Å²) >= 11 is 0. The number of benzene rings is 1. The summed E-state index contributed by atoms with van der Waals surface area (Å²) in [5.41, 5.74) is 6.10. The van der Waals surface area contributed by atoms with Crippen LogP contribution in [-0.2, 0) is 6.42 Å². The van der Waals surface area contributed by atoms with E-state index in [0.717, 1.165) is 6.42 Å². The van der Waals surface area contributed by atoms with Gasteiger partial charge in [0.15, 0.2) is 0 Å². The first-order valence-electron chi connectivity index (χ1n) is 5.08. The summed E-state index contributed by atoms with van der Waals surface area (Å²) in [6.07, 6.45) is 1.48. The summed E-state index contributed by atoms with van der Waals surface area (Å²) in [4.78, 5) is 0. The van der Waals surface area contributed by atoms with Gasteiger partial charge in [-0.2, -0.15) is 0 Å². The SMILES string of the molecule is NCCCc1nnc(-c2ccc(F)cc2)o1. The Kier molecular flexibility index (Phi) is 3.26. The Morgan fingerprint density at radius 1 is 1.19 bits per heavy atom. The van der Waals surface area contributed by atoms with Gasteiger partial charge in [0.25, 0.3) is 0 Å². The lowest BCUT2D eigenvalue weighted by molar-refractivity contribution is 0.499. The number of nitrogens with zero attached hydrogens (tertiary/aromatic N) is 2. The predicted molar refractivity (Wildman–Crippen MR) is 57.1 cm³/mol. The van der Waals surface area contributed by atoms with E-state index < -0.39 is 0 Å². The van der Waals surface area contributed by atoms with Crippen LogP contribution in [0.3, 0.4) is 0 Å². The Hall–Kier alpha value is -1.75. The summed E-state index contributed by atoms with van der Waals surface area (Å²) < 4.78 is 18.1. The van der Waals surface area contributed by atoms with Gasteiger partial charge < -0.3 is 10.2 Å². The van der Waals surface area contributed by atoms with Gasteiger partial charge in [-0.15, -0.1) is 10.2 Å². The zero-order valence-corrected chi connectivity index (χ0v) is 8.69. The number of aryl methyl sites for hydroxylation is 1. The van der Waals surface area contributed by atoms with Crippen molar-refractivity contribution < 1.29 is 8.81 Å². The molecule has 2 rings (SSSR count). The van der Waals surface area contributed by atoms with E-state index in [4.69, 9.17) is 10.2 Å². The number of aromatic nitrogens is 2. The van der Waals surface area contributed by atoms with Gasteiger partial charge in [-0.3, -0.25) is 0 Å². The molecule has 4 nitrogen and oxygen atoms in total. The summed E-state index contributed by atoms with van der Waals surface area (Å²) in [5, 5.41) is 7.78.